The second-order valence-electron chi connectivity index (χ2n) is 6.98. The molecule has 0 bridgehead atoms. The Morgan fingerprint density at radius 2 is 1.66 bits per heavy atom. The summed E-state index contributed by atoms with van der Waals surface area (Å²) in [7, 11) is 0. The van der Waals surface area contributed by atoms with Gasteiger partial charge in [-0.25, -0.2) is 0 Å². The van der Waals surface area contributed by atoms with Gasteiger partial charge >= 0.3 is 0 Å². The molecule has 1 aliphatic rings. The van der Waals surface area contributed by atoms with Crippen molar-refractivity contribution in [2.24, 2.45) is 0 Å². The molecule has 1 fully saturated rings. The average molecular weight is 427 g/mol. The number of nitrogens with one attached hydrogen (secondary N) is 1. The lowest BCUT2D eigenvalue weighted by atomic mass is 10.1. The highest BCUT2D eigenvalue weighted by atomic mass is 35.5. The van der Waals surface area contributed by atoms with Crippen molar-refractivity contribution in [1.29, 1.82) is 0 Å². The maximum atomic E-state index is 12.4. The first-order valence-corrected chi connectivity index (χ1v) is 10.3. The van der Waals surface area contributed by atoms with Crippen LogP contribution in [0.1, 0.15) is 29.6 Å². The monoisotopic (exact) mass is 426 g/mol. The minimum atomic E-state index is -0.287. The van der Waals surface area contributed by atoms with Crippen molar-refractivity contribution in [3.8, 4) is 11.3 Å². The lowest BCUT2D eigenvalue weighted by Crippen LogP contribution is -2.30. The lowest BCUT2D eigenvalue weighted by molar-refractivity contribution is 0.102. The summed E-state index contributed by atoms with van der Waals surface area (Å²) >= 11 is 12.0. The quantitative estimate of drug-likeness (QED) is 0.581. The van der Waals surface area contributed by atoms with Crippen molar-refractivity contribution >= 4 is 40.6 Å². The molecule has 2 aromatic carbocycles. The largest absolute Gasteiger partial charge is 0.355 e. The molecule has 1 saturated heterocycles. The van der Waals surface area contributed by atoms with Gasteiger partial charge in [-0.15, -0.1) is 10.2 Å². The first kappa shape index (κ1) is 19.7. The van der Waals surface area contributed by atoms with Gasteiger partial charge in [0.1, 0.15) is 0 Å². The van der Waals surface area contributed by atoms with Gasteiger partial charge in [0.05, 0.1) is 16.3 Å². The number of aromatic nitrogens is 2. The number of nitrogens with zero attached hydrogens (tertiary/aromatic N) is 3. The summed E-state index contributed by atoms with van der Waals surface area (Å²) in [6.07, 6.45) is 3.70. The molecule has 2 heterocycles. The topological polar surface area (TPSA) is 58.1 Å². The van der Waals surface area contributed by atoms with Crippen molar-refractivity contribution in [1.82, 2.24) is 10.2 Å². The molecule has 0 radical (unpaired) electrons. The van der Waals surface area contributed by atoms with E-state index in [1.54, 1.807) is 18.2 Å². The van der Waals surface area contributed by atoms with Gasteiger partial charge in [-0.1, -0.05) is 35.3 Å². The van der Waals surface area contributed by atoms with E-state index in [-0.39, 0.29) is 5.91 Å². The zero-order valence-corrected chi connectivity index (χ0v) is 17.2. The van der Waals surface area contributed by atoms with Crippen molar-refractivity contribution < 1.29 is 4.79 Å². The number of anilines is 2. The van der Waals surface area contributed by atoms with E-state index in [0.29, 0.717) is 21.3 Å². The summed E-state index contributed by atoms with van der Waals surface area (Å²) in [4.78, 5) is 14.7. The molecule has 0 atom stereocenters. The van der Waals surface area contributed by atoms with Crippen molar-refractivity contribution in [2.75, 3.05) is 23.3 Å². The summed E-state index contributed by atoms with van der Waals surface area (Å²) in [5, 5.41) is 12.4. The molecule has 0 saturated carbocycles. The van der Waals surface area contributed by atoms with Crippen LogP contribution in [0.2, 0.25) is 10.0 Å². The minimum Gasteiger partial charge on any atom is -0.355 e. The first-order valence-electron chi connectivity index (χ1n) is 9.56. The van der Waals surface area contributed by atoms with E-state index < -0.39 is 0 Å². The highest BCUT2D eigenvalue weighted by Crippen LogP contribution is 2.24. The van der Waals surface area contributed by atoms with Crippen molar-refractivity contribution in [3.63, 3.8) is 0 Å². The van der Waals surface area contributed by atoms with E-state index in [0.717, 1.165) is 30.2 Å². The van der Waals surface area contributed by atoms with Crippen LogP contribution in [-0.4, -0.2) is 29.2 Å². The molecule has 0 unspecified atom stereocenters. The van der Waals surface area contributed by atoms with Crippen LogP contribution in [0.5, 0.6) is 0 Å². The molecule has 1 aromatic heterocycles. The molecule has 1 aliphatic heterocycles. The van der Waals surface area contributed by atoms with Gasteiger partial charge in [-0.05, 0) is 61.7 Å². The summed E-state index contributed by atoms with van der Waals surface area (Å²) in [5.41, 5.74) is 2.77. The zero-order valence-electron chi connectivity index (χ0n) is 15.7. The fourth-order valence-electron chi connectivity index (χ4n) is 3.37. The van der Waals surface area contributed by atoms with Crippen LogP contribution in [0.3, 0.4) is 0 Å². The van der Waals surface area contributed by atoms with Crippen LogP contribution < -0.4 is 10.2 Å². The number of hydrogen-bond acceptors (Lipinski definition) is 4. The summed E-state index contributed by atoms with van der Waals surface area (Å²) in [5.74, 6) is 0.641. The number of hydrogen-bond donors (Lipinski definition) is 1. The van der Waals surface area contributed by atoms with E-state index >= 15 is 0 Å². The third kappa shape index (κ3) is 4.69. The zero-order chi connectivity index (χ0) is 20.2. The molecule has 0 aliphatic carbocycles. The van der Waals surface area contributed by atoms with Crippen LogP contribution >= 0.6 is 23.2 Å². The Kier molecular flexibility index (Phi) is 5.97. The van der Waals surface area contributed by atoms with Crippen molar-refractivity contribution in [3.05, 3.63) is 70.2 Å². The van der Waals surface area contributed by atoms with E-state index in [9.17, 15) is 4.79 Å². The van der Waals surface area contributed by atoms with Gasteiger partial charge in [0.15, 0.2) is 5.82 Å². The standard InChI is InChI=1S/C22H20Cl2N4O/c23-16-6-9-18(19(24)14-16)22(29)25-17-7-4-15(5-8-17)20-10-11-21(27-26-20)28-12-2-1-3-13-28/h4-11,14H,1-3,12-13H2,(H,25,29). The van der Waals surface area contributed by atoms with Crippen LogP contribution in [0.4, 0.5) is 11.5 Å². The van der Waals surface area contributed by atoms with Crippen molar-refractivity contribution in [2.45, 2.75) is 19.3 Å². The molecule has 29 heavy (non-hydrogen) atoms. The fourth-order valence-corrected chi connectivity index (χ4v) is 3.86. The lowest BCUT2D eigenvalue weighted by Gasteiger charge is -2.27. The van der Waals surface area contributed by atoms with Crippen LogP contribution in [0.25, 0.3) is 11.3 Å². The van der Waals surface area contributed by atoms with Crippen LogP contribution in [-0.2, 0) is 0 Å². The maximum absolute atomic E-state index is 12.4. The molecule has 148 valence electrons. The van der Waals surface area contributed by atoms with Gasteiger partial charge in [0, 0.05) is 29.4 Å². The number of piperidine rings is 1. The third-order valence-electron chi connectivity index (χ3n) is 4.94. The Morgan fingerprint density at radius 3 is 2.31 bits per heavy atom. The highest BCUT2D eigenvalue weighted by Gasteiger charge is 2.13. The second-order valence-corrected chi connectivity index (χ2v) is 7.82. The van der Waals surface area contributed by atoms with E-state index in [4.69, 9.17) is 23.2 Å². The van der Waals surface area contributed by atoms with E-state index in [1.165, 1.54) is 19.3 Å². The average Bonchev–Trinajstić information content (AvgIpc) is 2.75. The Bertz CT molecular complexity index is 1000. The Hall–Kier alpha value is -2.63. The van der Waals surface area contributed by atoms with Gasteiger partial charge < -0.3 is 10.2 Å². The molecule has 3 aromatic rings. The number of rotatable bonds is 4. The predicted molar refractivity (Wildman–Crippen MR) is 118 cm³/mol. The summed E-state index contributed by atoms with van der Waals surface area (Å²) < 4.78 is 0. The summed E-state index contributed by atoms with van der Waals surface area (Å²) in [6, 6.07) is 16.3. The minimum absolute atomic E-state index is 0.287. The first-order chi connectivity index (χ1) is 14.1. The number of amides is 1. The predicted octanol–water partition coefficient (Wildman–Crippen LogP) is 5.69. The number of benzene rings is 2. The Balaban J connectivity index is 1.44. The molecular weight excluding hydrogens is 407 g/mol. The van der Waals surface area contributed by atoms with Gasteiger partial charge in [0.2, 0.25) is 0 Å². The van der Waals surface area contributed by atoms with Gasteiger partial charge in [-0.3, -0.25) is 4.79 Å². The molecule has 1 amide bonds. The number of carbonyl (C=O) groups excluding carboxylic acids is 1. The molecule has 5 nitrogen and oxygen atoms in total. The SMILES string of the molecule is O=C(Nc1ccc(-c2ccc(N3CCCCC3)nn2)cc1)c1ccc(Cl)cc1Cl. The van der Waals surface area contributed by atoms with Crippen LogP contribution in [0.15, 0.2) is 54.6 Å². The second kappa shape index (κ2) is 8.80. The molecule has 7 heteroatoms. The normalized spacial score (nSPS) is 13.9. The van der Waals surface area contributed by atoms with Gasteiger partial charge in [-0.2, -0.15) is 0 Å². The Morgan fingerprint density at radius 1 is 0.897 bits per heavy atom. The fraction of sp³-hybridized carbons (Fsp3) is 0.227. The molecule has 4 rings (SSSR count). The van der Waals surface area contributed by atoms with E-state index in [1.807, 2.05) is 36.4 Å². The van der Waals surface area contributed by atoms with E-state index in [2.05, 4.69) is 20.4 Å². The third-order valence-corrected chi connectivity index (χ3v) is 5.49. The summed E-state index contributed by atoms with van der Waals surface area (Å²) in [6.45, 7) is 2.08. The Labute approximate surface area is 179 Å². The smallest absolute Gasteiger partial charge is 0.257 e. The molecular formula is C22H20Cl2N4O. The molecule has 0 spiro atoms. The van der Waals surface area contributed by atoms with Crippen LogP contribution in [0, 0.1) is 0 Å². The number of carbonyl (C=O) groups is 1. The van der Waals surface area contributed by atoms with Gasteiger partial charge in [0.25, 0.3) is 5.91 Å². The number of halogens is 2. The highest BCUT2D eigenvalue weighted by molar-refractivity contribution is 6.37. The molecule has 1 N–H and O–H groups in total. The maximum Gasteiger partial charge on any atom is 0.257 e.